The number of ether oxygens (including phenoxy) is 2. The highest BCUT2D eigenvalue weighted by Crippen LogP contribution is 2.26. The van der Waals surface area contributed by atoms with Crippen LogP contribution in [0.4, 0.5) is 4.79 Å². The molecule has 7 nitrogen and oxygen atoms in total. The van der Waals surface area contributed by atoms with Crippen LogP contribution >= 0.6 is 0 Å². The molecule has 0 aromatic carbocycles. The summed E-state index contributed by atoms with van der Waals surface area (Å²) in [4.78, 5) is 28.3. The number of hydrogen-bond acceptors (Lipinski definition) is 5. The fourth-order valence-corrected chi connectivity index (χ4v) is 4.69. The second-order valence-electron chi connectivity index (χ2n) is 8.37. The van der Waals surface area contributed by atoms with Crippen molar-refractivity contribution >= 4 is 12.0 Å². The van der Waals surface area contributed by atoms with Gasteiger partial charge in [0.1, 0.15) is 0 Å². The average Bonchev–Trinajstić information content (AvgIpc) is 3.25. The standard InChI is InChI=1S/C21H37N3O4/c1-2-27-21(26)24-13-9-18(10-14-24)23-11-7-17(8-12-23)5-6-20(25)22-16-19-4-3-15-28-19/h17-19H,2-16H2,1H3,(H,22,25)/t19-/m0/s1. The van der Waals surface area contributed by atoms with Crippen molar-refractivity contribution in [1.82, 2.24) is 15.1 Å². The molecule has 3 fully saturated rings. The predicted molar refractivity (Wildman–Crippen MR) is 107 cm³/mol. The lowest BCUT2D eigenvalue weighted by atomic mass is 9.90. The first-order chi connectivity index (χ1) is 13.7. The molecule has 3 aliphatic heterocycles. The minimum atomic E-state index is -0.169. The number of carbonyl (C=O) groups excluding carboxylic acids is 2. The van der Waals surface area contributed by atoms with E-state index in [1.165, 1.54) is 12.8 Å². The molecule has 0 aromatic rings. The van der Waals surface area contributed by atoms with Crippen LogP contribution in [0, 0.1) is 5.92 Å². The van der Waals surface area contributed by atoms with Crippen molar-refractivity contribution in [3.63, 3.8) is 0 Å². The van der Waals surface area contributed by atoms with Gasteiger partial charge in [-0.25, -0.2) is 4.79 Å². The monoisotopic (exact) mass is 395 g/mol. The zero-order chi connectivity index (χ0) is 19.8. The van der Waals surface area contributed by atoms with Crippen molar-refractivity contribution < 1.29 is 19.1 Å². The van der Waals surface area contributed by atoms with Gasteiger partial charge in [0.15, 0.2) is 0 Å². The molecule has 3 rings (SSSR count). The van der Waals surface area contributed by atoms with Gasteiger partial charge < -0.3 is 24.6 Å². The van der Waals surface area contributed by atoms with Gasteiger partial charge in [-0.1, -0.05) is 0 Å². The van der Waals surface area contributed by atoms with Crippen LogP contribution in [0.25, 0.3) is 0 Å². The first-order valence-electron chi connectivity index (χ1n) is 11.2. The molecule has 28 heavy (non-hydrogen) atoms. The van der Waals surface area contributed by atoms with Gasteiger partial charge in [0.2, 0.25) is 5.91 Å². The van der Waals surface area contributed by atoms with Gasteiger partial charge in [-0.3, -0.25) is 4.79 Å². The van der Waals surface area contributed by atoms with Crippen molar-refractivity contribution in [3.8, 4) is 0 Å². The van der Waals surface area contributed by atoms with E-state index in [1.54, 1.807) is 0 Å². The summed E-state index contributed by atoms with van der Waals surface area (Å²) < 4.78 is 10.7. The van der Waals surface area contributed by atoms with Crippen molar-refractivity contribution in [2.45, 2.75) is 70.4 Å². The molecular weight excluding hydrogens is 358 g/mol. The van der Waals surface area contributed by atoms with E-state index in [1.807, 2.05) is 11.8 Å². The van der Waals surface area contributed by atoms with Crippen LogP contribution in [-0.2, 0) is 14.3 Å². The van der Waals surface area contributed by atoms with E-state index in [0.717, 1.165) is 64.9 Å². The molecule has 3 saturated heterocycles. The highest BCUT2D eigenvalue weighted by atomic mass is 16.6. The fourth-order valence-electron chi connectivity index (χ4n) is 4.69. The number of nitrogens with one attached hydrogen (secondary N) is 1. The minimum Gasteiger partial charge on any atom is -0.450 e. The van der Waals surface area contributed by atoms with Crippen LogP contribution in [0.5, 0.6) is 0 Å². The SMILES string of the molecule is CCOC(=O)N1CCC(N2CCC(CCC(=O)NC[C@@H]3CCCO3)CC2)CC1. The van der Waals surface area contributed by atoms with E-state index in [-0.39, 0.29) is 18.1 Å². The maximum Gasteiger partial charge on any atom is 0.409 e. The molecule has 0 aliphatic carbocycles. The van der Waals surface area contributed by atoms with E-state index in [4.69, 9.17) is 9.47 Å². The van der Waals surface area contributed by atoms with Gasteiger partial charge in [-0.2, -0.15) is 0 Å². The Morgan fingerprint density at radius 1 is 1.07 bits per heavy atom. The summed E-state index contributed by atoms with van der Waals surface area (Å²) in [7, 11) is 0. The number of likely N-dealkylation sites (tertiary alicyclic amines) is 2. The number of piperidine rings is 2. The molecular formula is C21H37N3O4. The predicted octanol–water partition coefficient (Wildman–Crippen LogP) is 2.39. The molecule has 3 heterocycles. The largest absolute Gasteiger partial charge is 0.450 e. The van der Waals surface area contributed by atoms with E-state index in [2.05, 4.69) is 10.2 Å². The minimum absolute atomic E-state index is 0.169. The van der Waals surface area contributed by atoms with Crippen LogP contribution in [0.2, 0.25) is 0 Å². The number of amides is 2. The smallest absolute Gasteiger partial charge is 0.409 e. The zero-order valence-corrected chi connectivity index (χ0v) is 17.4. The van der Waals surface area contributed by atoms with E-state index in [9.17, 15) is 9.59 Å². The Morgan fingerprint density at radius 2 is 1.82 bits per heavy atom. The number of nitrogens with zero attached hydrogens (tertiary/aromatic N) is 2. The summed E-state index contributed by atoms with van der Waals surface area (Å²) >= 11 is 0. The third kappa shape index (κ3) is 6.34. The Balaban J connectivity index is 1.27. The van der Waals surface area contributed by atoms with Gasteiger partial charge in [0, 0.05) is 38.7 Å². The summed E-state index contributed by atoms with van der Waals surface area (Å²) in [6.07, 6.45) is 8.29. The Hall–Kier alpha value is -1.34. The van der Waals surface area contributed by atoms with Gasteiger partial charge in [-0.15, -0.1) is 0 Å². The second kappa shape index (κ2) is 11.0. The fraction of sp³-hybridized carbons (Fsp3) is 0.905. The van der Waals surface area contributed by atoms with Crippen molar-refractivity contribution in [3.05, 3.63) is 0 Å². The number of rotatable bonds is 7. The maximum atomic E-state index is 12.1. The molecule has 1 atom stereocenters. The third-order valence-electron chi connectivity index (χ3n) is 6.49. The molecule has 160 valence electrons. The molecule has 2 amide bonds. The Bertz CT molecular complexity index is 494. The first-order valence-corrected chi connectivity index (χ1v) is 11.2. The van der Waals surface area contributed by atoms with Gasteiger partial charge in [-0.05, 0) is 70.9 Å². The lowest BCUT2D eigenvalue weighted by Crippen LogP contribution is -2.49. The summed E-state index contributed by atoms with van der Waals surface area (Å²) in [5.41, 5.74) is 0. The van der Waals surface area contributed by atoms with Crippen LogP contribution in [0.3, 0.4) is 0 Å². The quantitative estimate of drug-likeness (QED) is 0.717. The molecule has 0 aromatic heterocycles. The Labute approximate surface area is 169 Å². The average molecular weight is 396 g/mol. The summed E-state index contributed by atoms with van der Waals surface area (Å²) in [5, 5.41) is 3.03. The van der Waals surface area contributed by atoms with Gasteiger partial charge >= 0.3 is 6.09 Å². The second-order valence-corrected chi connectivity index (χ2v) is 8.37. The molecule has 0 radical (unpaired) electrons. The van der Waals surface area contributed by atoms with Gasteiger partial charge in [0.05, 0.1) is 12.7 Å². The molecule has 0 unspecified atom stereocenters. The van der Waals surface area contributed by atoms with Crippen LogP contribution in [0.15, 0.2) is 0 Å². The summed E-state index contributed by atoms with van der Waals surface area (Å²) in [6, 6.07) is 0.585. The van der Waals surface area contributed by atoms with Gasteiger partial charge in [0.25, 0.3) is 0 Å². The first kappa shape index (κ1) is 21.4. The normalized spacial score (nSPS) is 25.0. The van der Waals surface area contributed by atoms with E-state index >= 15 is 0 Å². The van der Waals surface area contributed by atoms with E-state index in [0.29, 0.717) is 31.5 Å². The molecule has 3 aliphatic rings. The lowest BCUT2D eigenvalue weighted by Gasteiger charge is -2.41. The van der Waals surface area contributed by atoms with Crippen LogP contribution in [-0.4, -0.2) is 79.9 Å². The maximum absolute atomic E-state index is 12.1. The lowest BCUT2D eigenvalue weighted by molar-refractivity contribution is -0.122. The van der Waals surface area contributed by atoms with E-state index < -0.39 is 0 Å². The molecule has 0 bridgehead atoms. The summed E-state index contributed by atoms with van der Waals surface area (Å²) in [6.45, 7) is 7.63. The molecule has 0 saturated carbocycles. The van der Waals surface area contributed by atoms with Crippen molar-refractivity contribution in [1.29, 1.82) is 0 Å². The van der Waals surface area contributed by atoms with Crippen molar-refractivity contribution in [2.24, 2.45) is 5.92 Å². The Morgan fingerprint density at radius 3 is 2.46 bits per heavy atom. The van der Waals surface area contributed by atoms with Crippen LogP contribution < -0.4 is 5.32 Å². The number of carbonyl (C=O) groups is 2. The molecule has 1 N–H and O–H groups in total. The number of hydrogen-bond donors (Lipinski definition) is 1. The molecule has 0 spiro atoms. The molecule has 7 heteroatoms. The summed E-state index contributed by atoms with van der Waals surface area (Å²) in [5.74, 6) is 0.827. The highest BCUT2D eigenvalue weighted by Gasteiger charge is 2.30. The van der Waals surface area contributed by atoms with Crippen molar-refractivity contribution in [2.75, 3.05) is 45.9 Å². The third-order valence-corrected chi connectivity index (χ3v) is 6.49. The zero-order valence-electron chi connectivity index (χ0n) is 17.4. The Kier molecular flexibility index (Phi) is 8.40. The highest BCUT2D eigenvalue weighted by molar-refractivity contribution is 5.75. The van der Waals surface area contributed by atoms with Crippen LogP contribution in [0.1, 0.15) is 58.3 Å². The topological polar surface area (TPSA) is 71.1 Å².